The van der Waals surface area contributed by atoms with Crippen molar-refractivity contribution in [2.24, 2.45) is 0 Å². The largest absolute Gasteiger partial charge is 0.454 e. The zero-order valence-electron chi connectivity index (χ0n) is 14.6. The molecule has 29 heavy (non-hydrogen) atoms. The smallest absolute Gasteiger partial charge is 0.359 e. The number of benzene rings is 2. The number of nitrogens with one attached hydrogen (secondary N) is 1. The molecule has 1 aliphatic rings. The highest BCUT2D eigenvalue weighted by Gasteiger charge is 2.23. The van der Waals surface area contributed by atoms with Crippen LogP contribution in [0.3, 0.4) is 0 Å². The van der Waals surface area contributed by atoms with E-state index in [1.807, 2.05) is 0 Å². The van der Waals surface area contributed by atoms with E-state index in [1.165, 1.54) is 16.8 Å². The number of ether oxygens (including phenoxy) is 2. The second-order valence-corrected chi connectivity index (χ2v) is 8.13. The summed E-state index contributed by atoms with van der Waals surface area (Å²) in [5, 5.41) is -0.0349. The van der Waals surface area contributed by atoms with Gasteiger partial charge in [0.25, 0.3) is 0 Å². The van der Waals surface area contributed by atoms with Crippen LogP contribution in [0.15, 0.2) is 41.3 Å². The molecule has 0 unspecified atom stereocenters. The molecular formula is C18H13FN3O6P. The van der Waals surface area contributed by atoms with Crippen molar-refractivity contribution in [3.63, 3.8) is 0 Å². The van der Waals surface area contributed by atoms with Crippen LogP contribution in [-0.2, 0) is 11.1 Å². The van der Waals surface area contributed by atoms with Crippen LogP contribution in [0.2, 0.25) is 0 Å². The molecule has 5 rings (SSSR count). The molecule has 0 radical (unpaired) electrons. The van der Waals surface area contributed by atoms with Crippen molar-refractivity contribution in [1.29, 1.82) is 0 Å². The van der Waals surface area contributed by atoms with Crippen molar-refractivity contribution in [1.82, 2.24) is 14.5 Å². The highest BCUT2D eigenvalue weighted by molar-refractivity contribution is 7.60. The standard InChI is InChI=1S/C18H13FN3O6P/c19-11-5-9(1-4-14(11)29(24,25)26)7-22-16-10-2-3-13-17(28-8-27-13)15(10)20-6-12(16)21-18(22)23/h1-6H,7-8H2,(H,21,23)(H2,24,25,26). The molecule has 0 atom stereocenters. The molecule has 3 heterocycles. The van der Waals surface area contributed by atoms with Gasteiger partial charge in [0.1, 0.15) is 11.3 Å². The lowest BCUT2D eigenvalue weighted by Gasteiger charge is -2.10. The molecule has 0 saturated carbocycles. The van der Waals surface area contributed by atoms with Gasteiger partial charge in [-0.05, 0) is 29.8 Å². The van der Waals surface area contributed by atoms with E-state index in [2.05, 4.69) is 9.97 Å². The Morgan fingerprint density at radius 1 is 1.24 bits per heavy atom. The van der Waals surface area contributed by atoms with Crippen LogP contribution < -0.4 is 20.5 Å². The van der Waals surface area contributed by atoms with Gasteiger partial charge in [-0.15, -0.1) is 0 Å². The molecule has 1 aliphatic heterocycles. The molecule has 4 aromatic rings. The molecular weight excluding hydrogens is 404 g/mol. The van der Waals surface area contributed by atoms with E-state index in [1.54, 1.807) is 12.1 Å². The Balaban J connectivity index is 1.68. The van der Waals surface area contributed by atoms with Gasteiger partial charge in [0.2, 0.25) is 6.79 Å². The number of rotatable bonds is 3. The minimum absolute atomic E-state index is 0.00918. The van der Waals surface area contributed by atoms with Gasteiger partial charge >= 0.3 is 13.3 Å². The van der Waals surface area contributed by atoms with E-state index in [0.717, 1.165) is 12.1 Å². The molecule has 0 aliphatic carbocycles. The fourth-order valence-electron chi connectivity index (χ4n) is 3.50. The average Bonchev–Trinajstić information content (AvgIpc) is 3.25. The summed E-state index contributed by atoms with van der Waals surface area (Å²) >= 11 is 0. The first-order chi connectivity index (χ1) is 13.8. The maximum Gasteiger partial charge on any atom is 0.359 e. The van der Waals surface area contributed by atoms with E-state index in [4.69, 9.17) is 9.47 Å². The third kappa shape index (κ3) is 2.80. The van der Waals surface area contributed by atoms with Crippen LogP contribution in [0.5, 0.6) is 11.5 Å². The van der Waals surface area contributed by atoms with Gasteiger partial charge in [-0.2, -0.15) is 0 Å². The van der Waals surface area contributed by atoms with Crippen molar-refractivity contribution < 1.29 is 28.2 Å². The second kappa shape index (κ2) is 6.15. The number of halogens is 1. The van der Waals surface area contributed by atoms with Crippen LogP contribution >= 0.6 is 7.60 Å². The summed E-state index contributed by atoms with van der Waals surface area (Å²) in [6.07, 6.45) is 1.51. The number of aromatic amines is 1. The SMILES string of the molecule is O=c1[nH]c2cnc3c4c(ccc3c2n1Cc1ccc(P(=O)(O)O)c(F)c1)OCO4. The Kier molecular flexibility index (Phi) is 3.79. The normalized spacial score (nSPS) is 13.5. The molecule has 0 fully saturated rings. The molecule has 2 aromatic heterocycles. The Labute approximate surface area is 161 Å². The van der Waals surface area contributed by atoms with E-state index in [0.29, 0.717) is 39.0 Å². The van der Waals surface area contributed by atoms with Crippen molar-refractivity contribution in [2.45, 2.75) is 6.54 Å². The Bertz CT molecular complexity index is 1410. The number of imidazole rings is 1. The quantitative estimate of drug-likeness (QED) is 0.432. The number of nitrogens with zero attached hydrogens (tertiary/aromatic N) is 2. The van der Waals surface area contributed by atoms with Crippen molar-refractivity contribution in [3.8, 4) is 11.5 Å². The van der Waals surface area contributed by atoms with Crippen LogP contribution in [-0.4, -0.2) is 31.1 Å². The monoisotopic (exact) mass is 417 g/mol. The molecule has 11 heteroatoms. The summed E-state index contributed by atoms with van der Waals surface area (Å²) in [6.45, 7) is 0.0735. The van der Waals surface area contributed by atoms with Gasteiger partial charge in [0, 0.05) is 5.39 Å². The second-order valence-electron chi connectivity index (χ2n) is 6.56. The Hall–Kier alpha value is -3.20. The minimum atomic E-state index is -4.72. The molecule has 0 spiro atoms. The third-order valence-corrected chi connectivity index (χ3v) is 5.76. The summed E-state index contributed by atoms with van der Waals surface area (Å²) in [4.78, 5) is 38.0. The van der Waals surface area contributed by atoms with E-state index < -0.39 is 24.4 Å². The molecule has 2 aromatic carbocycles. The van der Waals surface area contributed by atoms with E-state index in [9.17, 15) is 23.5 Å². The fraction of sp³-hybridized carbons (Fsp3) is 0.111. The maximum atomic E-state index is 14.2. The predicted octanol–water partition coefficient (Wildman–Crippen LogP) is 1.60. The first-order valence-corrected chi connectivity index (χ1v) is 10.1. The van der Waals surface area contributed by atoms with Crippen LogP contribution in [0, 0.1) is 5.82 Å². The number of fused-ring (bicyclic) bond motifs is 5. The highest BCUT2D eigenvalue weighted by atomic mass is 31.2. The maximum absolute atomic E-state index is 14.2. The topological polar surface area (TPSA) is 127 Å². The van der Waals surface area contributed by atoms with Gasteiger partial charge in [-0.1, -0.05) is 6.07 Å². The molecule has 0 bridgehead atoms. The Morgan fingerprint density at radius 3 is 2.83 bits per heavy atom. The fourth-order valence-corrected chi connectivity index (χ4v) is 4.11. The van der Waals surface area contributed by atoms with E-state index >= 15 is 0 Å². The molecule has 0 amide bonds. The van der Waals surface area contributed by atoms with Gasteiger partial charge in [-0.25, -0.2) is 14.2 Å². The van der Waals surface area contributed by atoms with Gasteiger partial charge in [0.05, 0.1) is 29.1 Å². The Morgan fingerprint density at radius 2 is 2.07 bits per heavy atom. The molecule has 148 valence electrons. The predicted molar refractivity (Wildman–Crippen MR) is 101 cm³/mol. The summed E-state index contributed by atoms with van der Waals surface area (Å²) in [5.74, 6) is 0.0177. The molecule has 3 N–H and O–H groups in total. The van der Waals surface area contributed by atoms with E-state index in [-0.39, 0.29) is 13.3 Å². The zero-order chi connectivity index (χ0) is 20.3. The number of hydrogen-bond donors (Lipinski definition) is 3. The van der Waals surface area contributed by atoms with Gasteiger partial charge in [-0.3, -0.25) is 9.13 Å². The number of aromatic nitrogens is 3. The average molecular weight is 417 g/mol. The van der Waals surface area contributed by atoms with Crippen LogP contribution in [0.4, 0.5) is 4.39 Å². The molecule has 0 saturated heterocycles. The summed E-state index contributed by atoms with van der Waals surface area (Å²) in [5.41, 5.74) is 1.52. The number of H-pyrrole nitrogens is 1. The number of pyridine rings is 1. The van der Waals surface area contributed by atoms with Crippen LogP contribution in [0.1, 0.15) is 5.56 Å². The lowest BCUT2D eigenvalue weighted by atomic mass is 10.1. The summed E-state index contributed by atoms with van der Waals surface area (Å²) < 4.78 is 37.7. The number of hydrogen-bond acceptors (Lipinski definition) is 5. The van der Waals surface area contributed by atoms with Crippen molar-refractivity contribution in [2.75, 3.05) is 6.79 Å². The lowest BCUT2D eigenvalue weighted by molar-refractivity contribution is 0.174. The van der Waals surface area contributed by atoms with Crippen LogP contribution in [0.25, 0.3) is 21.9 Å². The lowest BCUT2D eigenvalue weighted by Crippen LogP contribution is -2.18. The first kappa shape index (κ1) is 17.9. The van der Waals surface area contributed by atoms with Gasteiger partial charge < -0.3 is 24.2 Å². The summed E-state index contributed by atoms with van der Waals surface area (Å²) in [6, 6.07) is 6.91. The van der Waals surface area contributed by atoms with Crippen molar-refractivity contribution >= 4 is 34.8 Å². The highest BCUT2D eigenvalue weighted by Crippen LogP contribution is 2.40. The summed E-state index contributed by atoms with van der Waals surface area (Å²) in [7, 11) is -4.72. The van der Waals surface area contributed by atoms with Crippen molar-refractivity contribution in [3.05, 3.63) is 58.4 Å². The zero-order valence-corrected chi connectivity index (χ0v) is 15.5. The molecule has 9 nitrogen and oxygen atoms in total. The first-order valence-electron chi connectivity index (χ1n) is 8.47. The minimum Gasteiger partial charge on any atom is -0.454 e. The van der Waals surface area contributed by atoms with Gasteiger partial charge in [0.15, 0.2) is 11.5 Å². The third-order valence-electron chi connectivity index (χ3n) is 4.77.